The number of amides is 2. The summed E-state index contributed by atoms with van der Waals surface area (Å²) in [7, 11) is 1.59. The van der Waals surface area contributed by atoms with Gasteiger partial charge in [-0.15, -0.1) is 0 Å². The summed E-state index contributed by atoms with van der Waals surface area (Å²) in [6.45, 7) is 1.12. The second-order valence-electron chi connectivity index (χ2n) is 5.22. The summed E-state index contributed by atoms with van der Waals surface area (Å²) >= 11 is 3.40. The average molecular weight is 367 g/mol. The monoisotopic (exact) mass is 366 g/mol. The fourth-order valence-electron chi connectivity index (χ4n) is 2.49. The molecule has 1 fully saturated rings. The van der Waals surface area contributed by atoms with Gasteiger partial charge in [0.05, 0.1) is 7.11 Å². The maximum atomic E-state index is 12.2. The molecule has 1 heterocycles. The third kappa shape index (κ3) is 4.10. The number of piperidine rings is 1. The lowest BCUT2D eigenvalue weighted by atomic mass is 9.96. The van der Waals surface area contributed by atoms with Crippen LogP contribution in [-0.2, 0) is 9.59 Å². The lowest BCUT2D eigenvalue weighted by molar-refractivity contribution is -0.130. The Hall–Kier alpha value is -1.82. The van der Waals surface area contributed by atoms with E-state index in [4.69, 9.17) is 10.5 Å². The van der Waals surface area contributed by atoms with Crippen molar-refractivity contribution in [3.63, 3.8) is 0 Å². The fourth-order valence-corrected chi connectivity index (χ4v) is 2.87. The number of carbonyl (C=O) groups is 2. The Kier molecular flexibility index (Phi) is 5.60. The molecule has 2 N–H and O–H groups in total. The first-order chi connectivity index (χ1) is 10.5. The number of nitrogens with zero attached hydrogens (tertiary/aromatic N) is 1. The number of nitrogens with two attached hydrogens (primary N) is 1. The highest BCUT2D eigenvalue weighted by atomic mass is 79.9. The van der Waals surface area contributed by atoms with Crippen molar-refractivity contribution < 1.29 is 14.3 Å². The average Bonchev–Trinajstić information content (AvgIpc) is 2.52. The van der Waals surface area contributed by atoms with Crippen molar-refractivity contribution in [2.24, 2.45) is 11.7 Å². The Labute approximate surface area is 138 Å². The first kappa shape index (κ1) is 16.5. The molecule has 0 aromatic heterocycles. The van der Waals surface area contributed by atoms with Crippen LogP contribution in [0.2, 0.25) is 0 Å². The van der Waals surface area contributed by atoms with Crippen molar-refractivity contribution in [3.8, 4) is 5.75 Å². The van der Waals surface area contributed by atoms with E-state index in [9.17, 15) is 9.59 Å². The molecule has 0 atom stereocenters. The molecule has 0 unspecified atom stereocenters. The van der Waals surface area contributed by atoms with E-state index in [0.717, 1.165) is 10.0 Å². The summed E-state index contributed by atoms with van der Waals surface area (Å²) in [6.07, 6.45) is 4.55. The smallest absolute Gasteiger partial charge is 0.246 e. The molecule has 0 spiro atoms. The molecule has 118 valence electrons. The first-order valence-corrected chi connectivity index (χ1v) is 7.90. The number of hydrogen-bond acceptors (Lipinski definition) is 3. The van der Waals surface area contributed by atoms with E-state index >= 15 is 0 Å². The molecular formula is C16H19BrN2O3. The van der Waals surface area contributed by atoms with Gasteiger partial charge in [0, 0.05) is 35.1 Å². The molecule has 0 bridgehead atoms. The van der Waals surface area contributed by atoms with E-state index in [1.54, 1.807) is 18.1 Å². The predicted octanol–water partition coefficient (Wildman–Crippen LogP) is 2.19. The summed E-state index contributed by atoms with van der Waals surface area (Å²) in [5, 5.41) is 0. The molecule has 2 rings (SSSR count). The van der Waals surface area contributed by atoms with Crippen LogP contribution in [0.1, 0.15) is 18.4 Å². The number of halogens is 1. The van der Waals surface area contributed by atoms with Crippen LogP contribution >= 0.6 is 15.9 Å². The second kappa shape index (κ2) is 7.45. The van der Waals surface area contributed by atoms with E-state index < -0.39 is 0 Å². The van der Waals surface area contributed by atoms with E-state index in [1.807, 2.05) is 18.2 Å². The van der Waals surface area contributed by atoms with Crippen LogP contribution in [0.3, 0.4) is 0 Å². The third-order valence-electron chi connectivity index (χ3n) is 3.81. The maximum Gasteiger partial charge on any atom is 0.246 e. The lowest BCUT2D eigenvalue weighted by Crippen LogP contribution is -2.41. The van der Waals surface area contributed by atoms with Crippen LogP contribution in [-0.4, -0.2) is 36.9 Å². The van der Waals surface area contributed by atoms with Gasteiger partial charge in [-0.1, -0.05) is 15.9 Å². The van der Waals surface area contributed by atoms with Gasteiger partial charge >= 0.3 is 0 Å². The van der Waals surface area contributed by atoms with Gasteiger partial charge in [0.25, 0.3) is 0 Å². The number of primary amides is 1. The van der Waals surface area contributed by atoms with Crippen molar-refractivity contribution in [2.45, 2.75) is 12.8 Å². The molecule has 1 saturated heterocycles. The Balaban J connectivity index is 2.00. The topological polar surface area (TPSA) is 72.6 Å². The van der Waals surface area contributed by atoms with Gasteiger partial charge in [-0.05, 0) is 37.1 Å². The van der Waals surface area contributed by atoms with Crippen LogP contribution in [0.4, 0.5) is 0 Å². The third-order valence-corrected chi connectivity index (χ3v) is 4.30. The number of benzene rings is 1. The SMILES string of the molecule is COc1ccc(Br)cc1/C=C/C(=O)N1CCC(C(N)=O)CC1. The van der Waals surface area contributed by atoms with E-state index in [-0.39, 0.29) is 17.7 Å². The molecule has 1 aromatic rings. The Bertz CT molecular complexity index is 593. The molecule has 0 saturated carbocycles. The summed E-state index contributed by atoms with van der Waals surface area (Å²) in [4.78, 5) is 25.1. The standard InChI is InChI=1S/C16H19BrN2O3/c1-22-14-4-3-13(17)10-12(14)2-5-15(20)19-8-6-11(7-9-19)16(18)21/h2-5,10-11H,6-9H2,1H3,(H2,18,21)/b5-2+. The van der Waals surface area contributed by atoms with Crippen LogP contribution in [0.25, 0.3) is 6.08 Å². The van der Waals surface area contributed by atoms with Gasteiger partial charge in [-0.2, -0.15) is 0 Å². The van der Waals surface area contributed by atoms with Gasteiger partial charge in [0.2, 0.25) is 11.8 Å². The van der Waals surface area contributed by atoms with Gasteiger partial charge in [-0.3, -0.25) is 9.59 Å². The number of likely N-dealkylation sites (tertiary alicyclic amines) is 1. The number of rotatable bonds is 4. The number of methoxy groups -OCH3 is 1. The minimum atomic E-state index is -0.276. The van der Waals surface area contributed by atoms with Crippen molar-refractivity contribution in [3.05, 3.63) is 34.3 Å². The largest absolute Gasteiger partial charge is 0.496 e. The molecule has 1 aromatic carbocycles. The highest BCUT2D eigenvalue weighted by Crippen LogP contribution is 2.24. The van der Waals surface area contributed by atoms with E-state index in [0.29, 0.717) is 31.7 Å². The zero-order valence-electron chi connectivity index (χ0n) is 12.4. The Morgan fingerprint density at radius 1 is 1.36 bits per heavy atom. The van der Waals surface area contributed by atoms with Crippen LogP contribution in [0.15, 0.2) is 28.7 Å². The highest BCUT2D eigenvalue weighted by Gasteiger charge is 2.24. The zero-order chi connectivity index (χ0) is 16.1. The minimum Gasteiger partial charge on any atom is -0.496 e. The van der Waals surface area contributed by atoms with Gasteiger partial charge < -0.3 is 15.4 Å². The molecule has 1 aliphatic rings. The molecule has 2 amide bonds. The quantitative estimate of drug-likeness (QED) is 0.830. The summed E-state index contributed by atoms with van der Waals surface area (Å²) in [5.74, 6) is 0.254. The zero-order valence-corrected chi connectivity index (χ0v) is 14.0. The number of ether oxygens (including phenoxy) is 1. The summed E-state index contributed by atoms with van der Waals surface area (Å²) < 4.78 is 6.19. The Morgan fingerprint density at radius 2 is 2.05 bits per heavy atom. The van der Waals surface area contributed by atoms with Crippen molar-refractivity contribution in [1.29, 1.82) is 0 Å². The first-order valence-electron chi connectivity index (χ1n) is 7.11. The highest BCUT2D eigenvalue weighted by molar-refractivity contribution is 9.10. The van der Waals surface area contributed by atoms with Gasteiger partial charge in [-0.25, -0.2) is 0 Å². The molecule has 5 nitrogen and oxygen atoms in total. The van der Waals surface area contributed by atoms with Crippen molar-refractivity contribution in [2.75, 3.05) is 20.2 Å². The molecule has 1 aliphatic heterocycles. The fraction of sp³-hybridized carbons (Fsp3) is 0.375. The molecular weight excluding hydrogens is 348 g/mol. The van der Waals surface area contributed by atoms with E-state index in [1.165, 1.54) is 6.08 Å². The van der Waals surface area contributed by atoms with Crippen molar-refractivity contribution in [1.82, 2.24) is 4.90 Å². The Morgan fingerprint density at radius 3 is 2.64 bits per heavy atom. The van der Waals surface area contributed by atoms with Gasteiger partial charge in [0.1, 0.15) is 5.75 Å². The van der Waals surface area contributed by atoms with Crippen LogP contribution in [0, 0.1) is 5.92 Å². The molecule has 0 radical (unpaired) electrons. The number of carbonyl (C=O) groups excluding carboxylic acids is 2. The molecule has 22 heavy (non-hydrogen) atoms. The lowest BCUT2D eigenvalue weighted by Gasteiger charge is -2.29. The molecule has 6 heteroatoms. The van der Waals surface area contributed by atoms with Gasteiger partial charge in [0.15, 0.2) is 0 Å². The normalized spacial score (nSPS) is 16.0. The summed E-state index contributed by atoms with van der Waals surface area (Å²) in [6, 6.07) is 5.61. The van der Waals surface area contributed by atoms with Crippen LogP contribution < -0.4 is 10.5 Å². The minimum absolute atomic E-state index is 0.0649. The molecule has 0 aliphatic carbocycles. The second-order valence-corrected chi connectivity index (χ2v) is 6.14. The van der Waals surface area contributed by atoms with Crippen molar-refractivity contribution >= 4 is 33.8 Å². The number of hydrogen-bond donors (Lipinski definition) is 1. The predicted molar refractivity (Wildman–Crippen MR) is 88.2 cm³/mol. The van der Waals surface area contributed by atoms with Crippen LogP contribution in [0.5, 0.6) is 5.75 Å². The summed E-state index contributed by atoms with van der Waals surface area (Å²) in [5.41, 5.74) is 6.13. The van der Waals surface area contributed by atoms with E-state index in [2.05, 4.69) is 15.9 Å². The maximum absolute atomic E-state index is 12.2.